The molecule has 102 valence electrons. The van der Waals surface area contributed by atoms with E-state index in [-0.39, 0.29) is 17.7 Å². The lowest BCUT2D eigenvalue weighted by Gasteiger charge is -2.35. The van der Waals surface area contributed by atoms with Crippen LogP contribution in [0.2, 0.25) is 0 Å². The molecule has 2 amide bonds. The summed E-state index contributed by atoms with van der Waals surface area (Å²) >= 11 is 0. The molecule has 5 nitrogen and oxygen atoms in total. The molecule has 0 radical (unpaired) electrons. The molecule has 1 unspecified atom stereocenters. The van der Waals surface area contributed by atoms with Gasteiger partial charge in [0.2, 0.25) is 11.8 Å². The summed E-state index contributed by atoms with van der Waals surface area (Å²) in [6.45, 7) is 3.31. The largest absolute Gasteiger partial charge is 0.355 e. The molecule has 18 heavy (non-hydrogen) atoms. The van der Waals surface area contributed by atoms with Crippen molar-refractivity contribution in [1.29, 1.82) is 0 Å². The first-order chi connectivity index (χ1) is 8.70. The van der Waals surface area contributed by atoms with E-state index in [1.54, 1.807) is 0 Å². The summed E-state index contributed by atoms with van der Waals surface area (Å²) in [5.74, 6) is 1.01. The third-order valence-electron chi connectivity index (χ3n) is 4.03. The van der Waals surface area contributed by atoms with Crippen LogP contribution in [0.1, 0.15) is 25.7 Å². The van der Waals surface area contributed by atoms with Gasteiger partial charge in [0.05, 0.1) is 5.92 Å². The fourth-order valence-corrected chi connectivity index (χ4v) is 2.85. The molecule has 0 saturated carbocycles. The van der Waals surface area contributed by atoms with E-state index in [0.29, 0.717) is 25.3 Å². The van der Waals surface area contributed by atoms with Crippen LogP contribution in [-0.2, 0) is 9.59 Å². The number of hydrogen-bond donors (Lipinski definition) is 2. The zero-order chi connectivity index (χ0) is 13.0. The number of likely N-dealkylation sites (tertiary alicyclic amines) is 1. The maximum Gasteiger partial charge on any atom is 0.227 e. The summed E-state index contributed by atoms with van der Waals surface area (Å²) in [4.78, 5) is 25.3. The Labute approximate surface area is 108 Å². The van der Waals surface area contributed by atoms with Crippen LogP contribution < -0.4 is 10.6 Å². The van der Waals surface area contributed by atoms with E-state index in [2.05, 4.69) is 10.6 Å². The Bertz CT molecular complexity index is 301. The second-order valence-electron chi connectivity index (χ2n) is 5.37. The molecular formula is C13H23N3O2. The smallest absolute Gasteiger partial charge is 0.227 e. The van der Waals surface area contributed by atoms with Crippen LogP contribution in [0.3, 0.4) is 0 Å². The first kappa shape index (κ1) is 13.3. The molecule has 2 rings (SSSR count). The lowest BCUT2D eigenvalue weighted by Crippen LogP contribution is -2.47. The maximum absolute atomic E-state index is 12.3. The zero-order valence-electron chi connectivity index (χ0n) is 11.1. The molecule has 0 aromatic heterocycles. The normalized spacial score (nSPS) is 25.9. The average Bonchev–Trinajstić information content (AvgIpc) is 2.40. The van der Waals surface area contributed by atoms with Crippen LogP contribution in [0.5, 0.6) is 0 Å². The average molecular weight is 253 g/mol. The predicted octanol–water partition coefficient (Wildman–Crippen LogP) is -0.0294. The summed E-state index contributed by atoms with van der Waals surface area (Å²) in [6, 6.07) is 0. The van der Waals surface area contributed by atoms with Gasteiger partial charge < -0.3 is 15.5 Å². The second kappa shape index (κ2) is 6.18. The summed E-state index contributed by atoms with van der Waals surface area (Å²) in [6.07, 6.45) is 3.38. The van der Waals surface area contributed by atoms with E-state index < -0.39 is 0 Å². The fraction of sp³-hybridized carbons (Fsp3) is 0.846. The van der Waals surface area contributed by atoms with E-state index in [4.69, 9.17) is 0 Å². The molecule has 0 aromatic rings. The molecule has 2 aliphatic rings. The highest BCUT2D eigenvalue weighted by atomic mass is 16.2. The van der Waals surface area contributed by atoms with Gasteiger partial charge in [0.1, 0.15) is 0 Å². The Morgan fingerprint density at radius 1 is 1.39 bits per heavy atom. The summed E-state index contributed by atoms with van der Waals surface area (Å²) in [7, 11) is 1.97. The second-order valence-corrected chi connectivity index (χ2v) is 5.37. The van der Waals surface area contributed by atoms with Gasteiger partial charge in [-0.2, -0.15) is 0 Å². The summed E-state index contributed by atoms with van der Waals surface area (Å²) in [5, 5.41) is 5.98. The number of piperidine rings is 2. The highest BCUT2D eigenvalue weighted by Gasteiger charge is 2.30. The van der Waals surface area contributed by atoms with Gasteiger partial charge in [0.25, 0.3) is 0 Å². The molecule has 0 aliphatic carbocycles. The van der Waals surface area contributed by atoms with Crippen molar-refractivity contribution in [3.63, 3.8) is 0 Å². The summed E-state index contributed by atoms with van der Waals surface area (Å²) in [5.41, 5.74) is 0. The molecule has 2 N–H and O–H groups in total. The highest BCUT2D eigenvalue weighted by molar-refractivity contribution is 5.83. The molecule has 0 aromatic carbocycles. The molecule has 2 heterocycles. The van der Waals surface area contributed by atoms with Crippen molar-refractivity contribution < 1.29 is 9.59 Å². The molecular weight excluding hydrogens is 230 g/mol. The van der Waals surface area contributed by atoms with Gasteiger partial charge in [0.15, 0.2) is 0 Å². The van der Waals surface area contributed by atoms with E-state index in [0.717, 1.165) is 32.5 Å². The van der Waals surface area contributed by atoms with Crippen molar-refractivity contribution in [2.24, 2.45) is 11.8 Å². The molecule has 2 fully saturated rings. The number of carbonyl (C=O) groups is 2. The van der Waals surface area contributed by atoms with Crippen LogP contribution in [0.15, 0.2) is 0 Å². The van der Waals surface area contributed by atoms with Crippen molar-refractivity contribution >= 4 is 11.8 Å². The molecule has 0 bridgehead atoms. The Morgan fingerprint density at radius 2 is 2.11 bits per heavy atom. The van der Waals surface area contributed by atoms with Crippen molar-refractivity contribution in [2.75, 3.05) is 33.2 Å². The predicted molar refractivity (Wildman–Crippen MR) is 69.0 cm³/mol. The number of nitrogens with zero attached hydrogens (tertiary/aromatic N) is 1. The van der Waals surface area contributed by atoms with Gasteiger partial charge in [0, 0.05) is 26.1 Å². The quantitative estimate of drug-likeness (QED) is 0.742. The molecule has 2 saturated heterocycles. The lowest BCUT2D eigenvalue weighted by molar-refractivity contribution is -0.138. The zero-order valence-corrected chi connectivity index (χ0v) is 11.1. The number of amides is 2. The Morgan fingerprint density at radius 3 is 2.67 bits per heavy atom. The van der Waals surface area contributed by atoms with Crippen LogP contribution in [-0.4, -0.2) is 49.9 Å². The fourth-order valence-electron chi connectivity index (χ4n) is 2.85. The third-order valence-corrected chi connectivity index (χ3v) is 4.03. The van der Waals surface area contributed by atoms with Crippen molar-refractivity contribution in [2.45, 2.75) is 25.7 Å². The van der Waals surface area contributed by atoms with Crippen LogP contribution in [0.25, 0.3) is 0 Å². The van der Waals surface area contributed by atoms with E-state index in [1.807, 2.05) is 11.9 Å². The molecule has 1 atom stereocenters. The van der Waals surface area contributed by atoms with Gasteiger partial charge in [-0.15, -0.1) is 0 Å². The Kier molecular flexibility index (Phi) is 4.58. The van der Waals surface area contributed by atoms with Gasteiger partial charge in [-0.25, -0.2) is 0 Å². The van der Waals surface area contributed by atoms with Crippen LogP contribution in [0, 0.1) is 11.8 Å². The Hall–Kier alpha value is -1.10. The van der Waals surface area contributed by atoms with Gasteiger partial charge in [-0.3, -0.25) is 9.59 Å². The number of rotatable bonds is 3. The van der Waals surface area contributed by atoms with Crippen LogP contribution >= 0.6 is 0 Å². The summed E-state index contributed by atoms with van der Waals surface area (Å²) < 4.78 is 0. The van der Waals surface area contributed by atoms with E-state index >= 15 is 0 Å². The van der Waals surface area contributed by atoms with E-state index in [9.17, 15) is 9.59 Å². The van der Waals surface area contributed by atoms with Crippen molar-refractivity contribution in [1.82, 2.24) is 15.5 Å². The number of hydrogen-bond acceptors (Lipinski definition) is 3. The minimum atomic E-state index is 0.00329. The van der Waals surface area contributed by atoms with Gasteiger partial charge in [-0.05, 0) is 38.8 Å². The SMILES string of the molecule is CNCC1CCN(C(=O)C2CCC(=O)NC2)CC1. The highest BCUT2D eigenvalue weighted by Crippen LogP contribution is 2.20. The molecule has 0 spiro atoms. The minimum absolute atomic E-state index is 0.00329. The minimum Gasteiger partial charge on any atom is -0.355 e. The first-order valence-electron chi connectivity index (χ1n) is 6.90. The van der Waals surface area contributed by atoms with Gasteiger partial charge in [-0.1, -0.05) is 0 Å². The monoisotopic (exact) mass is 253 g/mol. The van der Waals surface area contributed by atoms with Crippen molar-refractivity contribution in [3.05, 3.63) is 0 Å². The maximum atomic E-state index is 12.3. The molecule has 2 aliphatic heterocycles. The first-order valence-corrected chi connectivity index (χ1v) is 6.90. The standard InChI is InChI=1S/C13H23N3O2/c1-14-8-10-4-6-16(7-5-10)13(18)11-2-3-12(17)15-9-11/h10-11,14H,2-9H2,1H3,(H,15,17). The number of carbonyl (C=O) groups excluding carboxylic acids is 2. The van der Waals surface area contributed by atoms with Crippen LogP contribution in [0.4, 0.5) is 0 Å². The lowest BCUT2D eigenvalue weighted by atomic mass is 9.93. The molecule has 5 heteroatoms. The van der Waals surface area contributed by atoms with Crippen molar-refractivity contribution in [3.8, 4) is 0 Å². The third kappa shape index (κ3) is 3.22. The topological polar surface area (TPSA) is 61.4 Å². The van der Waals surface area contributed by atoms with Gasteiger partial charge >= 0.3 is 0 Å². The Balaban J connectivity index is 1.78. The van der Waals surface area contributed by atoms with E-state index in [1.165, 1.54) is 0 Å². The number of nitrogens with one attached hydrogen (secondary N) is 2.